The molecule has 1 atom stereocenters. The molecule has 0 radical (unpaired) electrons. The molecule has 2 fully saturated rings. The van der Waals surface area contributed by atoms with Crippen molar-refractivity contribution in [3.63, 3.8) is 0 Å². The summed E-state index contributed by atoms with van der Waals surface area (Å²) in [7, 11) is 3.48. The van der Waals surface area contributed by atoms with Gasteiger partial charge in [0.05, 0.1) is 22.8 Å². The Bertz CT molecular complexity index is 953. The monoisotopic (exact) mass is 372 g/mol. The van der Waals surface area contributed by atoms with Gasteiger partial charge in [0.1, 0.15) is 6.04 Å². The minimum Gasteiger partial charge on any atom is -0.381 e. The number of amides is 2. The van der Waals surface area contributed by atoms with Crippen molar-refractivity contribution in [3.05, 3.63) is 28.7 Å². The molecule has 3 heterocycles. The van der Waals surface area contributed by atoms with Crippen molar-refractivity contribution in [2.24, 2.45) is 7.05 Å². The number of benzene rings is 1. The first-order valence-corrected chi connectivity index (χ1v) is 9.32. The van der Waals surface area contributed by atoms with Crippen LogP contribution in [-0.4, -0.2) is 47.3 Å². The highest BCUT2D eigenvalue weighted by atomic mass is 16.5. The lowest BCUT2D eigenvalue weighted by molar-refractivity contribution is -0.135. The highest BCUT2D eigenvalue weighted by Gasteiger charge is 2.32. The molecule has 4 rings (SSSR count). The molecular formula is C19H24N4O4. The predicted octanol–water partition coefficient (Wildman–Crippen LogP) is 0.933. The standard InChI is InChI=1S/C19H24N4O4/c1-21-17-13(22-10-8-12(27-2)9-11-22)4-3-5-14(17)23(19(21)26)15-6-7-16(24)20-18(15)25/h3-5,12,15H,6-11H2,1-2H3,(H,20,24,25). The molecule has 2 amide bonds. The number of rotatable bonds is 3. The summed E-state index contributed by atoms with van der Waals surface area (Å²) in [4.78, 5) is 39.1. The molecule has 1 unspecified atom stereocenters. The third kappa shape index (κ3) is 2.93. The Labute approximate surface area is 156 Å². The second-order valence-electron chi connectivity index (χ2n) is 7.25. The number of hydrogen-bond donors (Lipinski definition) is 1. The number of aromatic nitrogens is 2. The summed E-state index contributed by atoms with van der Waals surface area (Å²) in [5.41, 5.74) is 2.30. The third-order valence-corrected chi connectivity index (χ3v) is 5.72. The fourth-order valence-corrected chi connectivity index (χ4v) is 4.24. The highest BCUT2D eigenvalue weighted by Crippen LogP contribution is 2.31. The summed E-state index contributed by atoms with van der Waals surface area (Å²) >= 11 is 0. The van der Waals surface area contributed by atoms with Gasteiger partial charge in [-0.3, -0.25) is 24.0 Å². The van der Waals surface area contributed by atoms with Crippen LogP contribution in [-0.2, 0) is 21.4 Å². The van der Waals surface area contributed by atoms with E-state index in [1.165, 1.54) is 4.57 Å². The first-order valence-electron chi connectivity index (χ1n) is 9.32. The molecule has 8 heteroatoms. The van der Waals surface area contributed by atoms with Crippen molar-refractivity contribution in [2.75, 3.05) is 25.1 Å². The molecule has 0 saturated carbocycles. The molecule has 0 aliphatic carbocycles. The lowest BCUT2D eigenvalue weighted by atomic mass is 10.1. The Morgan fingerprint density at radius 3 is 2.52 bits per heavy atom. The van der Waals surface area contributed by atoms with Gasteiger partial charge in [0.25, 0.3) is 0 Å². The number of methoxy groups -OCH3 is 1. The smallest absolute Gasteiger partial charge is 0.329 e. The lowest BCUT2D eigenvalue weighted by Gasteiger charge is -2.33. The van der Waals surface area contributed by atoms with Gasteiger partial charge in [0, 0.05) is 33.7 Å². The van der Waals surface area contributed by atoms with Crippen LogP contribution in [0.3, 0.4) is 0 Å². The number of nitrogens with one attached hydrogen (secondary N) is 1. The summed E-state index contributed by atoms with van der Waals surface area (Å²) in [6.07, 6.45) is 2.73. The van der Waals surface area contributed by atoms with Crippen LogP contribution in [0, 0.1) is 0 Å². The Kier molecular flexibility index (Phi) is 4.51. The van der Waals surface area contributed by atoms with Gasteiger partial charge in [-0.2, -0.15) is 0 Å². The second kappa shape index (κ2) is 6.84. The van der Waals surface area contributed by atoms with E-state index < -0.39 is 11.9 Å². The maximum Gasteiger partial charge on any atom is 0.329 e. The van der Waals surface area contributed by atoms with E-state index in [1.54, 1.807) is 18.7 Å². The Morgan fingerprint density at radius 1 is 1.11 bits per heavy atom. The van der Waals surface area contributed by atoms with E-state index in [9.17, 15) is 14.4 Å². The summed E-state index contributed by atoms with van der Waals surface area (Å²) in [5.74, 6) is -0.696. The van der Waals surface area contributed by atoms with Crippen molar-refractivity contribution < 1.29 is 14.3 Å². The van der Waals surface area contributed by atoms with Gasteiger partial charge < -0.3 is 9.64 Å². The van der Waals surface area contributed by atoms with E-state index in [4.69, 9.17) is 4.74 Å². The van der Waals surface area contributed by atoms with Crippen LogP contribution in [0.4, 0.5) is 5.69 Å². The number of carbonyl (C=O) groups is 2. The zero-order valence-electron chi connectivity index (χ0n) is 15.6. The SMILES string of the molecule is COC1CCN(c2cccc3c2n(C)c(=O)n3C2CCC(=O)NC2=O)CC1. The number of carbonyl (C=O) groups excluding carboxylic acids is 2. The number of piperidine rings is 2. The number of anilines is 1. The molecule has 2 aliphatic rings. The molecular weight excluding hydrogens is 348 g/mol. The van der Waals surface area contributed by atoms with Crippen LogP contribution >= 0.6 is 0 Å². The minimum atomic E-state index is -0.659. The van der Waals surface area contributed by atoms with E-state index >= 15 is 0 Å². The van der Waals surface area contributed by atoms with Gasteiger partial charge in [-0.1, -0.05) is 6.07 Å². The predicted molar refractivity (Wildman–Crippen MR) is 101 cm³/mol. The average Bonchev–Trinajstić information content (AvgIpc) is 2.93. The number of aryl methyl sites for hydroxylation is 1. The van der Waals surface area contributed by atoms with E-state index in [0.29, 0.717) is 6.42 Å². The normalized spacial score (nSPS) is 21.7. The first-order chi connectivity index (χ1) is 13.0. The van der Waals surface area contributed by atoms with Gasteiger partial charge >= 0.3 is 5.69 Å². The van der Waals surface area contributed by atoms with Crippen LogP contribution in [0.1, 0.15) is 31.7 Å². The van der Waals surface area contributed by atoms with Gasteiger partial charge in [-0.15, -0.1) is 0 Å². The summed E-state index contributed by atoms with van der Waals surface area (Å²) in [6.45, 7) is 1.71. The van der Waals surface area contributed by atoms with E-state index in [-0.39, 0.29) is 24.1 Å². The summed E-state index contributed by atoms with van der Waals surface area (Å²) in [5, 5.41) is 2.35. The largest absolute Gasteiger partial charge is 0.381 e. The Hall–Kier alpha value is -2.61. The molecule has 27 heavy (non-hydrogen) atoms. The zero-order chi connectivity index (χ0) is 19.1. The van der Waals surface area contributed by atoms with Crippen LogP contribution in [0.15, 0.2) is 23.0 Å². The van der Waals surface area contributed by atoms with Gasteiger partial charge in [0.15, 0.2) is 0 Å². The molecule has 8 nitrogen and oxygen atoms in total. The Morgan fingerprint density at radius 2 is 1.85 bits per heavy atom. The second-order valence-corrected chi connectivity index (χ2v) is 7.25. The van der Waals surface area contributed by atoms with Crippen LogP contribution < -0.4 is 15.9 Å². The van der Waals surface area contributed by atoms with Crippen molar-refractivity contribution in [3.8, 4) is 0 Å². The quantitative estimate of drug-likeness (QED) is 0.811. The first kappa shape index (κ1) is 17.8. The third-order valence-electron chi connectivity index (χ3n) is 5.72. The van der Waals surface area contributed by atoms with Gasteiger partial charge in [0.2, 0.25) is 11.8 Å². The van der Waals surface area contributed by atoms with Crippen molar-refractivity contribution in [1.29, 1.82) is 0 Å². The highest BCUT2D eigenvalue weighted by molar-refractivity contribution is 6.00. The number of para-hydroxylation sites is 1. The van der Waals surface area contributed by atoms with E-state index in [1.807, 2.05) is 18.2 Å². The fraction of sp³-hybridized carbons (Fsp3) is 0.526. The van der Waals surface area contributed by atoms with E-state index in [0.717, 1.165) is 42.7 Å². The zero-order valence-corrected chi connectivity index (χ0v) is 15.6. The number of fused-ring (bicyclic) bond motifs is 1. The van der Waals surface area contributed by atoms with Crippen molar-refractivity contribution in [2.45, 2.75) is 37.8 Å². The fourth-order valence-electron chi connectivity index (χ4n) is 4.24. The molecule has 0 bridgehead atoms. The number of ether oxygens (including phenoxy) is 1. The minimum absolute atomic E-state index is 0.237. The Balaban J connectivity index is 1.78. The molecule has 1 aromatic heterocycles. The molecule has 0 spiro atoms. The number of imide groups is 1. The average molecular weight is 372 g/mol. The molecule has 2 saturated heterocycles. The number of imidazole rings is 1. The molecule has 144 valence electrons. The van der Waals surface area contributed by atoms with Crippen molar-refractivity contribution >= 4 is 28.5 Å². The van der Waals surface area contributed by atoms with Crippen LogP contribution in [0.2, 0.25) is 0 Å². The maximum atomic E-state index is 13.0. The van der Waals surface area contributed by atoms with Crippen LogP contribution in [0.5, 0.6) is 0 Å². The molecule has 2 aliphatic heterocycles. The number of hydrogen-bond acceptors (Lipinski definition) is 5. The van der Waals surface area contributed by atoms with E-state index in [2.05, 4.69) is 10.2 Å². The summed E-state index contributed by atoms with van der Waals surface area (Å²) < 4.78 is 8.59. The lowest BCUT2D eigenvalue weighted by Crippen LogP contribution is -2.44. The van der Waals surface area contributed by atoms with Gasteiger partial charge in [-0.25, -0.2) is 4.79 Å². The van der Waals surface area contributed by atoms with Crippen LogP contribution in [0.25, 0.3) is 11.0 Å². The maximum absolute atomic E-state index is 13.0. The molecule has 2 aromatic rings. The van der Waals surface area contributed by atoms with Gasteiger partial charge in [-0.05, 0) is 31.4 Å². The summed E-state index contributed by atoms with van der Waals surface area (Å²) in [6, 6.07) is 5.14. The van der Waals surface area contributed by atoms with Crippen molar-refractivity contribution in [1.82, 2.24) is 14.5 Å². The molecule has 1 N–H and O–H groups in total. The topological polar surface area (TPSA) is 85.6 Å². The molecule has 1 aromatic carbocycles. The number of nitrogens with zero attached hydrogens (tertiary/aromatic N) is 3.